The summed E-state index contributed by atoms with van der Waals surface area (Å²) < 4.78 is 56.7. The highest BCUT2D eigenvalue weighted by Crippen LogP contribution is 2.46. The molecule has 0 unspecified atom stereocenters. The maximum atomic E-state index is 15.3. The zero-order chi connectivity index (χ0) is 26.3. The van der Waals surface area contributed by atoms with Gasteiger partial charge in [-0.3, -0.25) is 19.2 Å². The van der Waals surface area contributed by atoms with E-state index in [1.807, 2.05) is 0 Å². The molecule has 3 amide bonds. The van der Waals surface area contributed by atoms with Crippen molar-refractivity contribution in [3.8, 4) is 5.75 Å². The second-order valence-electron chi connectivity index (χ2n) is 10.1. The van der Waals surface area contributed by atoms with E-state index in [1.54, 1.807) is 0 Å². The Morgan fingerprint density at radius 3 is 2.25 bits per heavy atom. The number of phenolic OH excluding ortho intramolecular Hbond substituents is 1. The first-order valence-electron chi connectivity index (χ1n) is 11.8. The van der Waals surface area contributed by atoms with Gasteiger partial charge in [0, 0.05) is 30.9 Å². The Morgan fingerprint density at radius 2 is 1.69 bits per heavy atom. The van der Waals surface area contributed by atoms with Crippen molar-refractivity contribution < 1.29 is 41.8 Å². The lowest BCUT2D eigenvalue weighted by Gasteiger charge is -2.46. The first-order chi connectivity index (χ1) is 16.8. The highest BCUT2D eigenvalue weighted by Gasteiger charge is 2.63. The minimum Gasteiger partial charge on any atom is -0.505 e. The van der Waals surface area contributed by atoms with Crippen molar-refractivity contribution in [2.75, 3.05) is 0 Å². The van der Waals surface area contributed by atoms with Crippen LogP contribution in [0.15, 0.2) is 18.2 Å². The Hall–Kier alpha value is -3.18. The smallest absolute Gasteiger partial charge is 0.290 e. The van der Waals surface area contributed by atoms with Gasteiger partial charge in [-0.15, -0.1) is 0 Å². The molecule has 0 saturated heterocycles. The average molecular weight is 513 g/mol. The summed E-state index contributed by atoms with van der Waals surface area (Å²) in [6.07, 6.45) is -0.0620. The molecule has 0 aliphatic heterocycles. The van der Waals surface area contributed by atoms with E-state index in [4.69, 9.17) is 0 Å². The first-order valence-corrected chi connectivity index (χ1v) is 11.8. The number of ketones is 1. The van der Waals surface area contributed by atoms with Gasteiger partial charge in [-0.1, -0.05) is 12.8 Å². The van der Waals surface area contributed by atoms with E-state index < -0.39 is 77.5 Å². The molecule has 196 valence electrons. The molecule has 0 bridgehead atoms. The quantitative estimate of drug-likeness (QED) is 0.298. The zero-order valence-corrected chi connectivity index (χ0v) is 19.3. The Bertz CT molecular complexity index is 1080. The molecule has 0 radical (unpaired) electrons. The molecule has 0 spiro atoms. The number of nitrogens with one attached hydrogen (secondary N) is 3. The molecule has 12 heteroatoms. The zero-order valence-electron chi connectivity index (χ0n) is 19.3. The number of carbonyl (C=O) groups is 4. The van der Waals surface area contributed by atoms with Crippen molar-refractivity contribution in [2.45, 2.75) is 87.0 Å². The highest BCUT2D eigenvalue weighted by atomic mass is 19.3. The molecule has 1 atom stereocenters. The van der Waals surface area contributed by atoms with Gasteiger partial charge in [-0.2, -0.15) is 0 Å². The predicted molar refractivity (Wildman–Crippen MR) is 117 cm³/mol. The fourth-order valence-electron chi connectivity index (χ4n) is 4.83. The summed E-state index contributed by atoms with van der Waals surface area (Å²) in [4.78, 5) is 51.0. The number of carbonyl (C=O) groups excluding carboxylic acids is 4. The topological polar surface area (TPSA) is 125 Å². The third kappa shape index (κ3) is 5.62. The lowest BCUT2D eigenvalue weighted by atomic mass is 9.70. The number of amides is 3. The highest BCUT2D eigenvalue weighted by molar-refractivity contribution is 6.40. The molecule has 36 heavy (non-hydrogen) atoms. The van der Waals surface area contributed by atoms with Crippen LogP contribution in [0.4, 0.5) is 17.6 Å². The molecule has 0 aromatic heterocycles. The van der Waals surface area contributed by atoms with Gasteiger partial charge in [0.05, 0.1) is 0 Å². The van der Waals surface area contributed by atoms with Crippen LogP contribution in [0.5, 0.6) is 5.75 Å². The number of aromatic hydroxyl groups is 1. The third-order valence-corrected chi connectivity index (χ3v) is 6.94. The summed E-state index contributed by atoms with van der Waals surface area (Å²) in [6, 6.07) is 0.919. The van der Waals surface area contributed by atoms with Crippen molar-refractivity contribution in [3.05, 3.63) is 29.6 Å². The first kappa shape index (κ1) is 25.9. The van der Waals surface area contributed by atoms with E-state index in [0.29, 0.717) is 25.7 Å². The van der Waals surface area contributed by atoms with Crippen LogP contribution in [0.2, 0.25) is 0 Å². The van der Waals surface area contributed by atoms with Crippen LogP contribution in [0.25, 0.3) is 0 Å². The molecule has 1 aromatic rings. The van der Waals surface area contributed by atoms with Crippen molar-refractivity contribution in [1.29, 1.82) is 0 Å². The van der Waals surface area contributed by atoms with Crippen molar-refractivity contribution in [2.24, 2.45) is 0 Å². The number of hydrogen-bond acceptors (Lipinski definition) is 5. The Morgan fingerprint density at radius 1 is 1.06 bits per heavy atom. The van der Waals surface area contributed by atoms with Gasteiger partial charge in [0.2, 0.25) is 11.7 Å². The van der Waals surface area contributed by atoms with E-state index in [1.165, 1.54) is 0 Å². The third-order valence-electron chi connectivity index (χ3n) is 6.94. The number of alkyl halides is 3. The number of phenols is 1. The molecule has 8 nitrogen and oxygen atoms in total. The Labute approximate surface area is 204 Å². The summed E-state index contributed by atoms with van der Waals surface area (Å²) >= 11 is 0. The van der Waals surface area contributed by atoms with E-state index in [-0.39, 0.29) is 24.4 Å². The predicted octanol–water partition coefficient (Wildman–Crippen LogP) is 2.43. The monoisotopic (exact) mass is 513 g/mol. The minimum absolute atomic E-state index is 0.117. The summed E-state index contributed by atoms with van der Waals surface area (Å²) in [5.41, 5.74) is -4.28. The van der Waals surface area contributed by atoms with Crippen LogP contribution in [-0.2, 0) is 14.4 Å². The molecule has 3 fully saturated rings. The minimum atomic E-state index is -3.29. The normalized spacial score (nSPS) is 22.1. The van der Waals surface area contributed by atoms with Gasteiger partial charge < -0.3 is 21.1 Å². The molecular formula is C24H27F4N3O5. The van der Waals surface area contributed by atoms with Gasteiger partial charge in [0.25, 0.3) is 17.7 Å². The summed E-state index contributed by atoms with van der Waals surface area (Å²) in [5, 5.41) is 16.2. The molecule has 3 aliphatic carbocycles. The maximum Gasteiger partial charge on any atom is 0.290 e. The van der Waals surface area contributed by atoms with Gasteiger partial charge in [-0.25, -0.2) is 17.6 Å². The van der Waals surface area contributed by atoms with Crippen LogP contribution in [0.1, 0.15) is 68.1 Å². The lowest BCUT2D eigenvalue weighted by molar-refractivity contribution is -0.168. The average Bonchev–Trinajstić information content (AvgIpc) is 3.50. The van der Waals surface area contributed by atoms with E-state index >= 15 is 4.39 Å². The van der Waals surface area contributed by atoms with Crippen LogP contribution >= 0.6 is 0 Å². The largest absolute Gasteiger partial charge is 0.505 e. The van der Waals surface area contributed by atoms with Gasteiger partial charge in [0.1, 0.15) is 17.2 Å². The molecular weight excluding hydrogens is 486 g/mol. The standard InChI is InChI=1S/C24H27F4N3O5/c25-15-9-13(3-6-17(15)32)19(34)30-16(10-22(26)7-1-2-8-22)20(35)31-23(11-24(27,28)12-23)18(33)21(36)29-14-4-5-14/h3,6,9,14,16,32H,1-2,4-5,7-8,10-12H2,(H,29,36)(H,30,34)(H,31,35)/t16-/m0/s1. The summed E-state index contributed by atoms with van der Waals surface area (Å²) in [7, 11) is 0. The van der Waals surface area contributed by atoms with Crippen molar-refractivity contribution in [1.82, 2.24) is 16.0 Å². The molecule has 0 heterocycles. The number of halogens is 4. The van der Waals surface area contributed by atoms with Gasteiger partial charge >= 0.3 is 0 Å². The summed E-state index contributed by atoms with van der Waals surface area (Å²) in [6.45, 7) is 0. The van der Waals surface area contributed by atoms with Crippen LogP contribution in [-0.4, -0.2) is 57.8 Å². The number of rotatable bonds is 9. The summed E-state index contributed by atoms with van der Waals surface area (Å²) in [5.74, 6) is -9.48. The fraction of sp³-hybridized carbons (Fsp3) is 0.583. The van der Waals surface area contributed by atoms with E-state index in [2.05, 4.69) is 16.0 Å². The Balaban J connectivity index is 1.54. The number of Topliss-reactive ketones (excluding diaryl/α,β-unsaturated/α-hetero) is 1. The van der Waals surface area contributed by atoms with Gasteiger partial charge in [-0.05, 0) is 43.9 Å². The van der Waals surface area contributed by atoms with Crippen LogP contribution in [0, 0.1) is 5.82 Å². The molecule has 1 aromatic carbocycles. The van der Waals surface area contributed by atoms with Crippen molar-refractivity contribution in [3.63, 3.8) is 0 Å². The van der Waals surface area contributed by atoms with Crippen molar-refractivity contribution >= 4 is 23.5 Å². The second kappa shape index (κ2) is 9.36. The van der Waals surface area contributed by atoms with Gasteiger partial charge in [0.15, 0.2) is 11.6 Å². The number of benzene rings is 1. The lowest BCUT2D eigenvalue weighted by Crippen LogP contribution is -2.71. The molecule has 4 N–H and O–H groups in total. The molecule has 4 rings (SSSR count). The fourth-order valence-corrected chi connectivity index (χ4v) is 4.83. The Kier molecular flexibility index (Phi) is 6.74. The molecule has 3 aliphatic rings. The van der Waals surface area contributed by atoms with Crippen LogP contribution < -0.4 is 16.0 Å². The van der Waals surface area contributed by atoms with E-state index in [0.717, 1.165) is 18.2 Å². The second-order valence-corrected chi connectivity index (χ2v) is 10.1. The van der Waals surface area contributed by atoms with Crippen LogP contribution in [0.3, 0.4) is 0 Å². The SMILES string of the molecule is O=C(NC1CC1)C(=O)C1(NC(=O)[C@H](CC2(F)CCCC2)NC(=O)c2ccc(O)c(F)c2)CC(F)(F)C1. The molecule has 3 saturated carbocycles. The maximum absolute atomic E-state index is 15.3. The van der Waals surface area contributed by atoms with E-state index in [9.17, 15) is 37.5 Å². The number of hydrogen-bond donors (Lipinski definition) is 4.